The van der Waals surface area contributed by atoms with Crippen molar-refractivity contribution in [2.75, 3.05) is 35.2 Å². The normalized spacial score (nSPS) is 16.7. The van der Waals surface area contributed by atoms with Gasteiger partial charge in [0.2, 0.25) is 5.91 Å². The minimum Gasteiger partial charge on any atom is -0.359 e. The minimum absolute atomic E-state index is 0.0758. The Morgan fingerprint density at radius 2 is 2.15 bits per heavy atom. The predicted octanol–water partition coefficient (Wildman–Crippen LogP) is 2.01. The van der Waals surface area contributed by atoms with Gasteiger partial charge in [0.15, 0.2) is 11.6 Å². The summed E-state index contributed by atoms with van der Waals surface area (Å²) in [6.45, 7) is 1.78. The number of amides is 1. The third-order valence-corrected chi connectivity index (χ3v) is 4.81. The highest BCUT2D eigenvalue weighted by molar-refractivity contribution is 6.03. The molecular formula is C18H17N7O. The second-order valence-electron chi connectivity index (χ2n) is 6.35. The fourth-order valence-corrected chi connectivity index (χ4v) is 3.54. The van der Waals surface area contributed by atoms with Crippen LogP contribution < -0.4 is 15.5 Å². The molecule has 3 aromatic rings. The molecule has 1 amide bonds. The molecule has 26 heavy (non-hydrogen) atoms. The number of anilines is 3. The van der Waals surface area contributed by atoms with Crippen LogP contribution >= 0.6 is 0 Å². The van der Waals surface area contributed by atoms with Crippen LogP contribution in [0.4, 0.5) is 17.3 Å². The first-order valence-corrected chi connectivity index (χ1v) is 8.55. The van der Waals surface area contributed by atoms with Gasteiger partial charge in [-0.2, -0.15) is 0 Å². The number of rotatable bonds is 2. The van der Waals surface area contributed by atoms with Gasteiger partial charge >= 0.3 is 0 Å². The van der Waals surface area contributed by atoms with E-state index in [-0.39, 0.29) is 12.5 Å². The highest BCUT2D eigenvalue weighted by Gasteiger charge is 2.24. The molecule has 5 heterocycles. The van der Waals surface area contributed by atoms with Gasteiger partial charge in [0.25, 0.3) is 0 Å². The summed E-state index contributed by atoms with van der Waals surface area (Å²) in [6.07, 6.45) is 8.45. The maximum absolute atomic E-state index is 11.7. The topological polar surface area (TPSA) is 98.8 Å². The van der Waals surface area contributed by atoms with E-state index in [1.807, 2.05) is 12.3 Å². The van der Waals surface area contributed by atoms with Crippen molar-refractivity contribution in [3.8, 4) is 0 Å². The maximum atomic E-state index is 11.7. The van der Waals surface area contributed by atoms with Gasteiger partial charge in [0.1, 0.15) is 17.7 Å². The summed E-state index contributed by atoms with van der Waals surface area (Å²) < 4.78 is 0. The van der Waals surface area contributed by atoms with Gasteiger partial charge in [0.05, 0.1) is 6.54 Å². The molecule has 0 atom stereocenters. The molecule has 0 radical (unpaired) electrons. The molecular weight excluding hydrogens is 330 g/mol. The van der Waals surface area contributed by atoms with Crippen LogP contribution in [-0.2, 0) is 4.79 Å². The molecule has 0 saturated heterocycles. The minimum atomic E-state index is -0.0758. The fourth-order valence-electron chi connectivity index (χ4n) is 3.54. The van der Waals surface area contributed by atoms with Crippen LogP contribution in [0, 0.1) is 0 Å². The lowest BCUT2D eigenvalue weighted by molar-refractivity contribution is -0.114. The van der Waals surface area contributed by atoms with Crippen LogP contribution in [-0.4, -0.2) is 45.5 Å². The molecule has 3 N–H and O–H groups in total. The van der Waals surface area contributed by atoms with Gasteiger partial charge in [-0.15, -0.1) is 0 Å². The number of pyridine rings is 1. The third-order valence-electron chi connectivity index (χ3n) is 4.81. The molecule has 0 fully saturated rings. The first-order chi connectivity index (χ1) is 12.8. The summed E-state index contributed by atoms with van der Waals surface area (Å²) in [6, 6.07) is 4.04. The summed E-state index contributed by atoms with van der Waals surface area (Å²) in [5.41, 5.74) is 4.07. The van der Waals surface area contributed by atoms with Gasteiger partial charge in [-0.1, -0.05) is 6.08 Å². The highest BCUT2D eigenvalue weighted by Crippen LogP contribution is 2.34. The Labute approximate surface area is 149 Å². The Balaban J connectivity index is 1.45. The van der Waals surface area contributed by atoms with Gasteiger partial charge < -0.3 is 20.5 Å². The summed E-state index contributed by atoms with van der Waals surface area (Å²) in [4.78, 5) is 30.1. The SMILES string of the molecule is O=C1CNc2ncnc(N3CC=C(c4c[nH]c5ncccc45)CC3)c2N1. The number of hydrogen-bond donors (Lipinski definition) is 3. The van der Waals surface area contributed by atoms with Crippen molar-refractivity contribution >= 4 is 39.8 Å². The Morgan fingerprint density at radius 3 is 3.04 bits per heavy atom. The van der Waals surface area contributed by atoms with Gasteiger partial charge in [-0.05, 0) is 24.1 Å². The van der Waals surface area contributed by atoms with Crippen molar-refractivity contribution in [1.29, 1.82) is 0 Å². The summed E-state index contributed by atoms with van der Waals surface area (Å²) in [5, 5.41) is 7.06. The van der Waals surface area contributed by atoms with Crippen molar-refractivity contribution in [1.82, 2.24) is 19.9 Å². The van der Waals surface area contributed by atoms with E-state index in [0.29, 0.717) is 11.5 Å². The van der Waals surface area contributed by atoms with Crippen LogP contribution in [0.1, 0.15) is 12.0 Å². The third kappa shape index (κ3) is 2.38. The number of hydrogen-bond acceptors (Lipinski definition) is 6. The van der Waals surface area contributed by atoms with Crippen molar-refractivity contribution < 1.29 is 4.79 Å². The van der Waals surface area contributed by atoms with E-state index in [1.165, 1.54) is 17.5 Å². The number of nitrogens with one attached hydrogen (secondary N) is 3. The zero-order valence-corrected chi connectivity index (χ0v) is 14.0. The van der Waals surface area contributed by atoms with Crippen LogP contribution in [0.5, 0.6) is 0 Å². The van der Waals surface area contributed by atoms with Crippen LogP contribution in [0.2, 0.25) is 0 Å². The van der Waals surface area contributed by atoms with E-state index in [1.54, 1.807) is 6.20 Å². The van der Waals surface area contributed by atoms with Crippen LogP contribution in [0.25, 0.3) is 16.6 Å². The fraction of sp³-hybridized carbons (Fsp3) is 0.222. The quantitative estimate of drug-likeness (QED) is 0.656. The van der Waals surface area contributed by atoms with E-state index in [0.717, 1.165) is 36.4 Å². The molecule has 0 aromatic carbocycles. The lowest BCUT2D eigenvalue weighted by Gasteiger charge is -2.30. The smallest absolute Gasteiger partial charge is 0.243 e. The zero-order chi connectivity index (χ0) is 17.5. The Morgan fingerprint density at radius 1 is 1.19 bits per heavy atom. The summed E-state index contributed by atoms with van der Waals surface area (Å²) in [5.74, 6) is 1.35. The van der Waals surface area contributed by atoms with Crippen LogP contribution in [0.3, 0.4) is 0 Å². The Hall–Kier alpha value is -3.42. The monoisotopic (exact) mass is 347 g/mol. The average molecular weight is 347 g/mol. The lowest BCUT2D eigenvalue weighted by atomic mass is 9.99. The van der Waals surface area contributed by atoms with Crippen LogP contribution in [0.15, 0.2) is 36.9 Å². The molecule has 3 aromatic heterocycles. The lowest BCUT2D eigenvalue weighted by Crippen LogP contribution is -2.34. The van der Waals surface area contributed by atoms with E-state index < -0.39 is 0 Å². The number of nitrogens with zero attached hydrogens (tertiary/aromatic N) is 4. The van der Waals surface area contributed by atoms with Crippen molar-refractivity contribution in [3.05, 3.63) is 42.5 Å². The number of aromatic amines is 1. The number of H-pyrrole nitrogens is 1. The Kier molecular flexibility index (Phi) is 3.34. The molecule has 0 bridgehead atoms. The van der Waals surface area contributed by atoms with Crippen molar-refractivity contribution in [3.63, 3.8) is 0 Å². The zero-order valence-electron chi connectivity index (χ0n) is 14.0. The molecule has 130 valence electrons. The summed E-state index contributed by atoms with van der Waals surface area (Å²) in [7, 11) is 0. The first-order valence-electron chi connectivity index (χ1n) is 8.55. The molecule has 8 nitrogen and oxygen atoms in total. The molecule has 2 aliphatic rings. The molecule has 5 rings (SSSR count). The van der Waals surface area contributed by atoms with E-state index in [4.69, 9.17) is 0 Å². The van der Waals surface area contributed by atoms with Crippen molar-refractivity contribution in [2.45, 2.75) is 6.42 Å². The van der Waals surface area contributed by atoms with Gasteiger partial charge in [0, 0.05) is 36.4 Å². The first kappa shape index (κ1) is 14.9. The molecule has 2 aliphatic heterocycles. The average Bonchev–Trinajstić information content (AvgIpc) is 3.12. The molecule has 8 heteroatoms. The number of carbonyl (C=O) groups is 1. The van der Waals surface area contributed by atoms with Gasteiger partial charge in [-0.3, -0.25) is 4.79 Å². The number of carbonyl (C=O) groups excluding carboxylic acids is 1. The maximum Gasteiger partial charge on any atom is 0.243 e. The van der Waals surface area contributed by atoms with E-state index >= 15 is 0 Å². The molecule has 0 aliphatic carbocycles. The Bertz CT molecular complexity index is 1040. The van der Waals surface area contributed by atoms with E-state index in [2.05, 4.69) is 47.6 Å². The molecule has 0 unspecified atom stereocenters. The molecule has 0 saturated carbocycles. The number of fused-ring (bicyclic) bond motifs is 2. The second-order valence-corrected chi connectivity index (χ2v) is 6.35. The standard InChI is InChI=1S/C18H17N7O/c26-14-9-21-17-15(24-14)18(23-10-22-17)25-6-3-11(4-7-25)13-8-20-16-12(13)2-1-5-19-16/h1-3,5,8,10H,4,6-7,9H2,(H,19,20)(H,24,26)(H,21,22,23). The second kappa shape index (κ2) is 5.83. The highest BCUT2D eigenvalue weighted by atomic mass is 16.2. The molecule has 0 spiro atoms. The number of aromatic nitrogens is 4. The largest absolute Gasteiger partial charge is 0.359 e. The van der Waals surface area contributed by atoms with Gasteiger partial charge in [-0.25, -0.2) is 15.0 Å². The van der Waals surface area contributed by atoms with Crippen molar-refractivity contribution in [2.24, 2.45) is 0 Å². The summed E-state index contributed by atoms with van der Waals surface area (Å²) >= 11 is 0. The van der Waals surface area contributed by atoms with E-state index in [9.17, 15) is 4.79 Å². The predicted molar refractivity (Wildman–Crippen MR) is 100 cm³/mol.